The van der Waals surface area contributed by atoms with Crippen molar-refractivity contribution in [3.63, 3.8) is 0 Å². The Morgan fingerprint density at radius 2 is 1.86 bits per heavy atom. The predicted octanol–water partition coefficient (Wildman–Crippen LogP) is 1.99. The summed E-state index contributed by atoms with van der Waals surface area (Å²) in [5.41, 5.74) is -1.37. The standard InChI is InChI=1S/C15H28N2O4/c1-13(2,3)8-14(4,5)17-12(20)16-10-7-21-9-15(10,6)11(18)19/h10H,7-9H2,1-6H3,(H,18,19)(H2,16,17,20). The molecule has 0 spiro atoms. The van der Waals surface area contributed by atoms with Gasteiger partial charge < -0.3 is 20.5 Å². The van der Waals surface area contributed by atoms with Gasteiger partial charge in [-0.25, -0.2) is 4.79 Å². The van der Waals surface area contributed by atoms with Crippen LogP contribution in [0.4, 0.5) is 4.79 Å². The molecule has 6 nitrogen and oxygen atoms in total. The minimum Gasteiger partial charge on any atom is -0.481 e. The lowest BCUT2D eigenvalue weighted by molar-refractivity contribution is -0.148. The molecular weight excluding hydrogens is 272 g/mol. The summed E-state index contributed by atoms with van der Waals surface area (Å²) in [7, 11) is 0. The molecule has 0 aromatic carbocycles. The molecule has 2 atom stereocenters. The highest BCUT2D eigenvalue weighted by molar-refractivity contribution is 5.79. The van der Waals surface area contributed by atoms with Crippen LogP contribution in [0.15, 0.2) is 0 Å². The quantitative estimate of drug-likeness (QED) is 0.741. The molecule has 0 bridgehead atoms. The number of hydrogen-bond acceptors (Lipinski definition) is 3. The van der Waals surface area contributed by atoms with E-state index in [2.05, 4.69) is 31.4 Å². The van der Waals surface area contributed by atoms with Gasteiger partial charge in [-0.15, -0.1) is 0 Å². The molecule has 0 aromatic heterocycles. The number of urea groups is 1. The van der Waals surface area contributed by atoms with Gasteiger partial charge in [-0.3, -0.25) is 4.79 Å². The maximum atomic E-state index is 12.1. The van der Waals surface area contributed by atoms with Gasteiger partial charge in [0, 0.05) is 5.54 Å². The SMILES string of the molecule is CC(C)(C)CC(C)(C)NC(=O)NC1COCC1(C)C(=O)O. The molecule has 1 rings (SSSR count). The van der Waals surface area contributed by atoms with Crippen molar-refractivity contribution in [2.24, 2.45) is 10.8 Å². The molecule has 1 aliphatic rings. The van der Waals surface area contributed by atoms with Gasteiger partial charge in [-0.2, -0.15) is 0 Å². The number of carboxylic acid groups (broad SMARTS) is 1. The lowest BCUT2D eigenvalue weighted by atomic mass is 9.82. The van der Waals surface area contributed by atoms with Crippen LogP contribution in [-0.2, 0) is 9.53 Å². The van der Waals surface area contributed by atoms with Crippen molar-refractivity contribution in [3.05, 3.63) is 0 Å². The van der Waals surface area contributed by atoms with Crippen LogP contribution in [0.3, 0.4) is 0 Å². The van der Waals surface area contributed by atoms with E-state index in [-0.39, 0.29) is 30.2 Å². The zero-order chi connectivity index (χ0) is 16.5. The Hall–Kier alpha value is -1.30. The van der Waals surface area contributed by atoms with E-state index < -0.39 is 17.4 Å². The molecule has 21 heavy (non-hydrogen) atoms. The van der Waals surface area contributed by atoms with E-state index in [0.29, 0.717) is 0 Å². The molecule has 2 amide bonds. The van der Waals surface area contributed by atoms with Gasteiger partial charge in [0.05, 0.1) is 19.3 Å². The largest absolute Gasteiger partial charge is 0.481 e. The van der Waals surface area contributed by atoms with Crippen LogP contribution in [0.25, 0.3) is 0 Å². The first-order valence-corrected chi connectivity index (χ1v) is 7.26. The second kappa shape index (κ2) is 5.83. The average Bonchev–Trinajstić information content (AvgIpc) is 2.56. The fourth-order valence-corrected chi connectivity index (χ4v) is 2.96. The van der Waals surface area contributed by atoms with E-state index in [1.54, 1.807) is 6.92 Å². The van der Waals surface area contributed by atoms with Crippen LogP contribution < -0.4 is 10.6 Å². The lowest BCUT2D eigenvalue weighted by Crippen LogP contribution is -2.56. The Labute approximate surface area is 126 Å². The van der Waals surface area contributed by atoms with Crippen molar-refractivity contribution in [2.45, 2.75) is 59.5 Å². The highest BCUT2D eigenvalue weighted by atomic mass is 16.5. The van der Waals surface area contributed by atoms with Crippen LogP contribution >= 0.6 is 0 Å². The van der Waals surface area contributed by atoms with Crippen molar-refractivity contribution in [3.8, 4) is 0 Å². The van der Waals surface area contributed by atoms with Crippen molar-refractivity contribution in [2.75, 3.05) is 13.2 Å². The summed E-state index contributed by atoms with van der Waals surface area (Å²) in [6.45, 7) is 12.2. The second-order valence-corrected chi connectivity index (χ2v) is 8.01. The third-order valence-electron chi connectivity index (χ3n) is 3.67. The van der Waals surface area contributed by atoms with Crippen molar-refractivity contribution >= 4 is 12.0 Å². The monoisotopic (exact) mass is 300 g/mol. The van der Waals surface area contributed by atoms with E-state index in [0.717, 1.165) is 6.42 Å². The summed E-state index contributed by atoms with van der Waals surface area (Å²) in [5, 5.41) is 14.9. The van der Waals surface area contributed by atoms with E-state index in [9.17, 15) is 14.7 Å². The molecule has 1 aliphatic heterocycles. The number of nitrogens with one attached hydrogen (secondary N) is 2. The van der Waals surface area contributed by atoms with E-state index >= 15 is 0 Å². The van der Waals surface area contributed by atoms with Crippen LogP contribution in [-0.4, -0.2) is 41.9 Å². The van der Waals surface area contributed by atoms with Crippen molar-refractivity contribution in [1.29, 1.82) is 0 Å². The normalized spacial score (nSPS) is 26.5. The number of hydrogen-bond donors (Lipinski definition) is 3. The summed E-state index contributed by atoms with van der Waals surface area (Å²) < 4.78 is 5.22. The Kier molecular flexibility index (Phi) is 4.93. The number of carboxylic acids is 1. The molecule has 122 valence electrons. The Morgan fingerprint density at radius 3 is 2.33 bits per heavy atom. The summed E-state index contributed by atoms with van der Waals surface area (Å²) in [6.07, 6.45) is 0.810. The molecule has 1 heterocycles. The van der Waals surface area contributed by atoms with E-state index in [1.165, 1.54) is 0 Å². The van der Waals surface area contributed by atoms with Crippen molar-refractivity contribution in [1.82, 2.24) is 10.6 Å². The molecule has 6 heteroatoms. The Balaban J connectivity index is 2.64. The highest BCUT2D eigenvalue weighted by Gasteiger charge is 2.47. The van der Waals surface area contributed by atoms with Crippen molar-refractivity contribution < 1.29 is 19.4 Å². The number of aliphatic carboxylic acids is 1. The van der Waals surface area contributed by atoms with Gasteiger partial charge in [0.25, 0.3) is 0 Å². The minimum absolute atomic E-state index is 0.0861. The maximum Gasteiger partial charge on any atom is 0.315 e. The zero-order valence-electron chi connectivity index (χ0n) is 13.9. The maximum absolute atomic E-state index is 12.1. The second-order valence-electron chi connectivity index (χ2n) is 8.01. The van der Waals surface area contributed by atoms with Gasteiger partial charge >= 0.3 is 12.0 Å². The number of amides is 2. The number of carbonyl (C=O) groups is 2. The summed E-state index contributed by atoms with van der Waals surface area (Å²) in [4.78, 5) is 23.5. The number of ether oxygens (including phenoxy) is 1. The first-order valence-electron chi connectivity index (χ1n) is 7.26. The minimum atomic E-state index is -1.08. The van der Waals surface area contributed by atoms with Gasteiger partial charge in [0.15, 0.2) is 0 Å². The predicted molar refractivity (Wildman–Crippen MR) is 80.2 cm³/mol. The van der Waals surface area contributed by atoms with Gasteiger partial charge in [0.1, 0.15) is 5.41 Å². The molecule has 0 saturated carbocycles. The van der Waals surface area contributed by atoms with Crippen LogP contribution in [0.2, 0.25) is 0 Å². The van der Waals surface area contributed by atoms with Crippen LogP contribution in [0, 0.1) is 10.8 Å². The van der Waals surface area contributed by atoms with E-state index in [4.69, 9.17) is 4.74 Å². The summed E-state index contributed by atoms with van der Waals surface area (Å²) in [6, 6.07) is -0.882. The molecule has 0 aliphatic carbocycles. The summed E-state index contributed by atoms with van der Waals surface area (Å²) >= 11 is 0. The van der Waals surface area contributed by atoms with E-state index in [1.807, 2.05) is 13.8 Å². The number of rotatable bonds is 4. The first kappa shape index (κ1) is 17.8. The molecule has 2 unspecified atom stereocenters. The molecular formula is C15H28N2O4. The Morgan fingerprint density at radius 1 is 1.29 bits per heavy atom. The topological polar surface area (TPSA) is 87.7 Å². The molecule has 3 N–H and O–H groups in total. The van der Waals surface area contributed by atoms with Gasteiger partial charge in [0.2, 0.25) is 0 Å². The summed E-state index contributed by atoms with van der Waals surface area (Å²) in [5.74, 6) is -0.959. The zero-order valence-corrected chi connectivity index (χ0v) is 13.9. The molecule has 0 aromatic rings. The fraction of sp³-hybridized carbons (Fsp3) is 0.867. The third kappa shape index (κ3) is 4.88. The smallest absolute Gasteiger partial charge is 0.315 e. The van der Waals surface area contributed by atoms with Crippen LogP contribution in [0.1, 0.15) is 48.0 Å². The fourth-order valence-electron chi connectivity index (χ4n) is 2.96. The first-order chi connectivity index (χ1) is 9.36. The average molecular weight is 300 g/mol. The molecule has 0 radical (unpaired) electrons. The number of carbonyl (C=O) groups excluding carboxylic acids is 1. The Bertz CT molecular complexity index is 414. The highest BCUT2D eigenvalue weighted by Crippen LogP contribution is 2.29. The van der Waals surface area contributed by atoms with Gasteiger partial charge in [-0.05, 0) is 32.6 Å². The van der Waals surface area contributed by atoms with Gasteiger partial charge in [-0.1, -0.05) is 20.8 Å². The molecule has 1 saturated heterocycles. The van der Waals surface area contributed by atoms with Crippen LogP contribution in [0.5, 0.6) is 0 Å². The molecule has 1 fully saturated rings. The third-order valence-corrected chi connectivity index (χ3v) is 3.67. The lowest BCUT2D eigenvalue weighted by Gasteiger charge is -2.34.